The maximum atomic E-state index is 4.95. The van der Waals surface area contributed by atoms with Crippen LogP contribution in [0.5, 0.6) is 0 Å². The fraction of sp³-hybridized carbons (Fsp3) is 0.364. The zero-order valence-electron chi connectivity index (χ0n) is 21.8. The van der Waals surface area contributed by atoms with Crippen LogP contribution < -0.4 is 0 Å². The SMILES string of the molecule is CC1(C)c2ccccc2-c2ccc(-c3nccc4cc5c(cc34)C(C)(C)C(C)(C)C5(C)C)cc21. The molecule has 0 fully saturated rings. The van der Waals surface area contributed by atoms with E-state index in [1.54, 1.807) is 0 Å². The zero-order chi connectivity index (χ0) is 24.3. The quantitative estimate of drug-likeness (QED) is 0.285. The molecule has 2 aliphatic carbocycles. The summed E-state index contributed by atoms with van der Waals surface area (Å²) in [6, 6.07) is 22.9. The predicted molar refractivity (Wildman–Crippen MR) is 145 cm³/mol. The standard InChI is InChI=1S/C33H35N/c1-30(2)25-12-10-9-11-22(25)23-14-13-21(18-26(23)30)29-24-19-28-27(17-20(24)15-16-34-29)31(3,4)33(7,8)32(28,5)6/h9-19H,1-8H3. The van der Waals surface area contributed by atoms with Crippen LogP contribution in [0.15, 0.2) is 66.9 Å². The van der Waals surface area contributed by atoms with Gasteiger partial charge < -0.3 is 0 Å². The summed E-state index contributed by atoms with van der Waals surface area (Å²) in [7, 11) is 0. The van der Waals surface area contributed by atoms with Gasteiger partial charge in [-0.1, -0.05) is 97.9 Å². The predicted octanol–water partition coefficient (Wildman–Crippen LogP) is 8.80. The largest absolute Gasteiger partial charge is 0.256 e. The third-order valence-electron chi connectivity index (χ3n) is 10.2. The molecule has 0 saturated carbocycles. The normalized spacial score (nSPS) is 20.1. The molecule has 0 aliphatic heterocycles. The van der Waals surface area contributed by atoms with Gasteiger partial charge in [0.15, 0.2) is 0 Å². The average Bonchev–Trinajstić information content (AvgIpc) is 3.09. The average molecular weight is 446 g/mol. The number of nitrogens with zero attached hydrogens (tertiary/aromatic N) is 1. The first-order valence-corrected chi connectivity index (χ1v) is 12.6. The molecule has 0 atom stereocenters. The lowest BCUT2D eigenvalue weighted by Crippen LogP contribution is -2.42. The monoisotopic (exact) mass is 445 g/mol. The van der Waals surface area contributed by atoms with Crippen molar-refractivity contribution < 1.29 is 0 Å². The number of aromatic nitrogens is 1. The van der Waals surface area contributed by atoms with E-state index in [4.69, 9.17) is 4.98 Å². The first-order valence-electron chi connectivity index (χ1n) is 12.6. The molecule has 0 N–H and O–H groups in total. The second-order valence-electron chi connectivity index (χ2n) is 12.6. The second kappa shape index (κ2) is 6.39. The molecule has 2 aliphatic rings. The molecule has 6 rings (SSSR count). The van der Waals surface area contributed by atoms with Crippen molar-refractivity contribution in [3.05, 3.63) is 89.1 Å². The molecule has 0 bridgehead atoms. The van der Waals surface area contributed by atoms with Crippen LogP contribution >= 0.6 is 0 Å². The van der Waals surface area contributed by atoms with Crippen molar-refractivity contribution in [1.82, 2.24) is 4.98 Å². The number of rotatable bonds is 1. The Kier molecular flexibility index (Phi) is 4.06. The van der Waals surface area contributed by atoms with E-state index in [9.17, 15) is 0 Å². The lowest BCUT2D eigenvalue weighted by Gasteiger charge is -2.44. The van der Waals surface area contributed by atoms with Gasteiger partial charge in [-0.2, -0.15) is 0 Å². The van der Waals surface area contributed by atoms with Crippen molar-refractivity contribution >= 4 is 10.8 Å². The van der Waals surface area contributed by atoms with Crippen LogP contribution in [0, 0.1) is 5.41 Å². The number of pyridine rings is 1. The molecule has 0 saturated heterocycles. The first-order chi connectivity index (χ1) is 15.9. The van der Waals surface area contributed by atoms with Crippen LogP contribution in [0.25, 0.3) is 33.2 Å². The summed E-state index contributed by atoms with van der Waals surface area (Å²) >= 11 is 0. The van der Waals surface area contributed by atoms with Crippen molar-refractivity contribution in [1.29, 1.82) is 0 Å². The lowest BCUT2D eigenvalue weighted by atomic mass is 9.59. The first kappa shape index (κ1) is 21.6. The highest BCUT2D eigenvalue weighted by Gasteiger charge is 2.56. The molecule has 0 spiro atoms. The summed E-state index contributed by atoms with van der Waals surface area (Å²) in [5, 5.41) is 2.55. The van der Waals surface area contributed by atoms with Gasteiger partial charge in [0, 0.05) is 22.6 Å². The molecule has 1 heteroatoms. The van der Waals surface area contributed by atoms with Crippen molar-refractivity contribution in [2.75, 3.05) is 0 Å². The maximum absolute atomic E-state index is 4.95. The van der Waals surface area contributed by atoms with Gasteiger partial charge in [0.1, 0.15) is 0 Å². The van der Waals surface area contributed by atoms with Crippen LogP contribution in [-0.2, 0) is 16.2 Å². The molecule has 34 heavy (non-hydrogen) atoms. The van der Waals surface area contributed by atoms with Gasteiger partial charge >= 0.3 is 0 Å². The Bertz CT molecular complexity index is 1500. The van der Waals surface area contributed by atoms with E-state index in [1.165, 1.54) is 49.7 Å². The summed E-state index contributed by atoms with van der Waals surface area (Å²) in [5.41, 5.74) is 11.1. The summed E-state index contributed by atoms with van der Waals surface area (Å²) in [6.07, 6.45) is 1.98. The minimum absolute atomic E-state index is 0.0101. The fourth-order valence-corrected chi connectivity index (χ4v) is 6.79. The number of benzene rings is 3. The van der Waals surface area contributed by atoms with E-state index < -0.39 is 0 Å². The molecule has 0 radical (unpaired) electrons. The number of hydrogen-bond donors (Lipinski definition) is 0. The second-order valence-corrected chi connectivity index (χ2v) is 12.6. The zero-order valence-corrected chi connectivity index (χ0v) is 21.8. The minimum atomic E-state index is -0.0101. The molecule has 1 nitrogen and oxygen atoms in total. The van der Waals surface area contributed by atoms with Crippen molar-refractivity contribution in [2.45, 2.75) is 71.6 Å². The molecule has 4 aromatic rings. The minimum Gasteiger partial charge on any atom is -0.256 e. The van der Waals surface area contributed by atoms with Crippen molar-refractivity contribution in [2.24, 2.45) is 5.41 Å². The Morgan fingerprint density at radius 2 is 1.24 bits per heavy atom. The summed E-state index contributed by atoms with van der Waals surface area (Å²) in [4.78, 5) is 4.95. The van der Waals surface area contributed by atoms with Gasteiger partial charge in [-0.25, -0.2) is 0 Å². The Hall–Kier alpha value is -2.93. The van der Waals surface area contributed by atoms with E-state index in [-0.39, 0.29) is 21.7 Å². The smallest absolute Gasteiger partial charge is 0.0780 e. The van der Waals surface area contributed by atoms with Gasteiger partial charge in [0.2, 0.25) is 0 Å². The van der Waals surface area contributed by atoms with E-state index in [0.717, 1.165) is 5.69 Å². The van der Waals surface area contributed by atoms with Crippen LogP contribution in [0.1, 0.15) is 77.6 Å². The van der Waals surface area contributed by atoms with Crippen LogP contribution in [0.3, 0.4) is 0 Å². The molecule has 1 heterocycles. The Labute approximate surface area is 204 Å². The summed E-state index contributed by atoms with van der Waals surface area (Å²) < 4.78 is 0. The molecule has 172 valence electrons. The third-order valence-corrected chi connectivity index (χ3v) is 10.2. The molecule has 3 aromatic carbocycles. The molecular formula is C33H35N. The van der Waals surface area contributed by atoms with Gasteiger partial charge in [0.25, 0.3) is 0 Å². The van der Waals surface area contributed by atoms with Gasteiger partial charge in [-0.3, -0.25) is 4.98 Å². The summed E-state index contributed by atoms with van der Waals surface area (Å²) in [5.74, 6) is 0. The van der Waals surface area contributed by atoms with Crippen molar-refractivity contribution in [3.8, 4) is 22.4 Å². The Balaban J connectivity index is 1.59. The number of fused-ring (bicyclic) bond motifs is 5. The van der Waals surface area contributed by atoms with Gasteiger partial charge in [-0.05, 0) is 73.2 Å². The topological polar surface area (TPSA) is 12.9 Å². The molecule has 0 amide bonds. The van der Waals surface area contributed by atoms with Gasteiger partial charge in [-0.15, -0.1) is 0 Å². The van der Waals surface area contributed by atoms with Gasteiger partial charge in [0.05, 0.1) is 5.69 Å². The van der Waals surface area contributed by atoms with E-state index in [0.29, 0.717) is 0 Å². The third kappa shape index (κ3) is 2.43. The lowest BCUT2D eigenvalue weighted by molar-refractivity contribution is 0.125. The summed E-state index contributed by atoms with van der Waals surface area (Å²) in [6.45, 7) is 19.2. The van der Waals surface area contributed by atoms with Crippen molar-refractivity contribution in [3.63, 3.8) is 0 Å². The molecular weight excluding hydrogens is 410 g/mol. The number of hydrogen-bond acceptors (Lipinski definition) is 1. The molecule has 0 unspecified atom stereocenters. The van der Waals surface area contributed by atoms with Crippen LogP contribution in [0.4, 0.5) is 0 Å². The highest BCUT2D eigenvalue weighted by atomic mass is 14.7. The van der Waals surface area contributed by atoms with Crippen LogP contribution in [0.2, 0.25) is 0 Å². The fourth-order valence-electron chi connectivity index (χ4n) is 6.79. The maximum Gasteiger partial charge on any atom is 0.0780 e. The Morgan fingerprint density at radius 1 is 0.588 bits per heavy atom. The van der Waals surface area contributed by atoms with E-state index in [1.807, 2.05) is 6.20 Å². The van der Waals surface area contributed by atoms with E-state index >= 15 is 0 Å². The highest BCUT2D eigenvalue weighted by Crippen LogP contribution is 2.62. The van der Waals surface area contributed by atoms with E-state index in [2.05, 4.69) is 116 Å². The molecule has 1 aromatic heterocycles. The highest BCUT2D eigenvalue weighted by molar-refractivity contribution is 5.97. The Morgan fingerprint density at radius 3 is 1.97 bits per heavy atom. The van der Waals surface area contributed by atoms with Crippen LogP contribution in [-0.4, -0.2) is 4.98 Å².